The molecule has 7 heteroatoms. The van der Waals surface area contributed by atoms with Crippen LogP contribution in [0.5, 0.6) is 0 Å². The molecule has 0 radical (unpaired) electrons. The molecule has 1 aromatic rings. The Balaban J connectivity index is 1.62. The molecule has 0 aliphatic carbocycles. The summed E-state index contributed by atoms with van der Waals surface area (Å²) < 4.78 is 23.1. The summed E-state index contributed by atoms with van der Waals surface area (Å²) in [5.74, 6) is 0.933. The molecule has 1 aromatic heterocycles. The first kappa shape index (κ1) is 13.8. The van der Waals surface area contributed by atoms with E-state index in [2.05, 4.69) is 14.8 Å². The van der Waals surface area contributed by atoms with E-state index >= 15 is 0 Å². The van der Waals surface area contributed by atoms with Gasteiger partial charge in [-0.2, -0.15) is 0 Å². The lowest BCUT2D eigenvalue weighted by atomic mass is 10.1. The third-order valence-electron chi connectivity index (χ3n) is 4.05. The Morgan fingerprint density at radius 2 is 1.90 bits per heavy atom. The standard InChI is InChI=1S/C13H19N3O3S/c17-12-10-20(18,19)9-11(12)15-5-7-16(8-6-15)13-3-1-2-4-14-13/h1-4,11-12,17H,5-10H2/t11-,12-/m0/s1. The lowest BCUT2D eigenvalue weighted by Gasteiger charge is -2.39. The molecule has 20 heavy (non-hydrogen) atoms. The van der Waals surface area contributed by atoms with Gasteiger partial charge in [-0.15, -0.1) is 0 Å². The highest BCUT2D eigenvalue weighted by atomic mass is 32.2. The second-order valence-electron chi connectivity index (χ2n) is 5.42. The van der Waals surface area contributed by atoms with E-state index in [1.165, 1.54) is 0 Å². The van der Waals surface area contributed by atoms with Crippen molar-refractivity contribution < 1.29 is 13.5 Å². The number of rotatable bonds is 2. The summed E-state index contributed by atoms with van der Waals surface area (Å²) in [4.78, 5) is 8.60. The summed E-state index contributed by atoms with van der Waals surface area (Å²) in [5.41, 5.74) is 0. The zero-order valence-electron chi connectivity index (χ0n) is 11.2. The number of anilines is 1. The molecule has 6 nitrogen and oxygen atoms in total. The summed E-state index contributed by atoms with van der Waals surface area (Å²) in [6.45, 7) is 3.13. The van der Waals surface area contributed by atoms with E-state index in [4.69, 9.17) is 0 Å². The number of aliphatic hydroxyl groups excluding tert-OH is 1. The van der Waals surface area contributed by atoms with Gasteiger partial charge in [0.05, 0.1) is 23.7 Å². The van der Waals surface area contributed by atoms with E-state index in [0.29, 0.717) is 0 Å². The number of sulfone groups is 1. The predicted octanol–water partition coefficient (Wildman–Crippen LogP) is -0.638. The maximum Gasteiger partial charge on any atom is 0.154 e. The lowest BCUT2D eigenvalue weighted by molar-refractivity contribution is 0.0792. The van der Waals surface area contributed by atoms with Crippen molar-refractivity contribution in [3.63, 3.8) is 0 Å². The number of aromatic nitrogens is 1. The number of nitrogens with zero attached hydrogens (tertiary/aromatic N) is 3. The van der Waals surface area contributed by atoms with Crippen LogP contribution in [0.2, 0.25) is 0 Å². The zero-order chi connectivity index (χ0) is 14.2. The van der Waals surface area contributed by atoms with Crippen molar-refractivity contribution in [3.8, 4) is 0 Å². The van der Waals surface area contributed by atoms with E-state index in [1.54, 1.807) is 6.20 Å². The first-order valence-electron chi connectivity index (χ1n) is 6.84. The summed E-state index contributed by atoms with van der Waals surface area (Å²) in [6, 6.07) is 5.58. The first-order valence-corrected chi connectivity index (χ1v) is 8.66. The fourth-order valence-corrected chi connectivity index (χ4v) is 4.81. The van der Waals surface area contributed by atoms with Crippen LogP contribution in [-0.4, -0.2) is 73.2 Å². The van der Waals surface area contributed by atoms with Crippen LogP contribution in [-0.2, 0) is 9.84 Å². The van der Waals surface area contributed by atoms with Gasteiger partial charge in [0.25, 0.3) is 0 Å². The minimum atomic E-state index is -3.08. The average Bonchev–Trinajstić information content (AvgIpc) is 2.73. The molecule has 0 aromatic carbocycles. The highest BCUT2D eigenvalue weighted by Gasteiger charge is 2.40. The van der Waals surface area contributed by atoms with Crippen LogP contribution in [0.25, 0.3) is 0 Å². The van der Waals surface area contributed by atoms with Crippen molar-refractivity contribution in [1.82, 2.24) is 9.88 Å². The highest BCUT2D eigenvalue weighted by Crippen LogP contribution is 2.21. The summed E-state index contributed by atoms with van der Waals surface area (Å²) >= 11 is 0. The van der Waals surface area contributed by atoms with Gasteiger partial charge in [0, 0.05) is 32.4 Å². The van der Waals surface area contributed by atoms with Gasteiger partial charge in [0.1, 0.15) is 5.82 Å². The SMILES string of the molecule is O=S1(=O)C[C@H](O)[C@@H](N2CCN(c3ccccn3)CC2)C1. The molecule has 2 aliphatic heterocycles. The van der Waals surface area contributed by atoms with Gasteiger partial charge in [-0.3, -0.25) is 4.90 Å². The molecule has 110 valence electrons. The fraction of sp³-hybridized carbons (Fsp3) is 0.615. The van der Waals surface area contributed by atoms with Crippen molar-refractivity contribution >= 4 is 15.7 Å². The molecular weight excluding hydrogens is 278 g/mol. The Kier molecular flexibility index (Phi) is 3.66. The van der Waals surface area contributed by atoms with Gasteiger partial charge >= 0.3 is 0 Å². The van der Waals surface area contributed by atoms with E-state index in [1.807, 2.05) is 18.2 Å². The molecule has 0 unspecified atom stereocenters. The second kappa shape index (κ2) is 5.31. The highest BCUT2D eigenvalue weighted by molar-refractivity contribution is 7.91. The van der Waals surface area contributed by atoms with Crippen LogP contribution in [0.4, 0.5) is 5.82 Å². The van der Waals surface area contributed by atoms with Crippen molar-refractivity contribution in [1.29, 1.82) is 0 Å². The van der Waals surface area contributed by atoms with Crippen LogP contribution in [0.3, 0.4) is 0 Å². The minimum absolute atomic E-state index is 0.0811. The number of hydrogen-bond donors (Lipinski definition) is 1. The summed E-state index contributed by atoms with van der Waals surface area (Å²) in [7, 11) is -3.08. The normalized spacial score (nSPS) is 30.6. The Morgan fingerprint density at radius 1 is 1.15 bits per heavy atom. The Labute approximate surface area is 118 Å². The van der Waals surface area contributed by atoms with Crippen molar-refractivity contribution in [2.75, 3.05) is 42.6 Å². The molecule has 3 heterocycles. The van der Waals surface area contributed by atoms with Crippen molar-refractivity contribution in [2.24, 2.45) is 0 Å². The second-order valence-corrected chi connectivity index (χ2v) is 7.58. The maximum atomic E-state index is 11.6. The lowest BCUT2D eigenvalue weighted by Crippen LogP contribution is -2.53. The van der Waals surface area contributed by atoms with Crippen LogP contribution < -0.4 is 4.90 Å². The van der Waals surface area contributed by atoms with Gasteiger partial charge in [-0.1, -0.05) is 6.07 Å². The fourth-order valence-electron chi connectivity index (χ4n) is 2.98. The molecule has 0 saturated carbocycles. The van der Waals surface area contributed by atoms with E-state index < -0.39 is 15.9 Å². The van der Waals surface area contributed by atoms with E-state index in [9.17, 15) is 13.5 Å². The molecule has 2 aliphatic rings. The predicted molar refractivity (Wildman–Crippen MR) is 76.5 cm³/mol. The Bertz CT molecular complexity index is 555. The van der Waals surface area contributed by atoms with E-state index in [0.717, 1.165) is 32.0 Å². The number of aliphatic hydroxyl groups is 1. The Morgan fingerprint density at radius 3 is 2.45 bits per heavy atom. The summed E-state index contributed by atoms with van der Waals surface area (Å²) in [5, 5.41) is 9.91. The minimum Gasteiger partial charge on any atom is -0.390 e. The maximum absolute atomic E-state index is 11.6. The third kappa shape index (κ3) is 2.79. The van der Waals surface area contributed by atoms with Crippen molar-refractivity contribution in [2.45, 2.75) is 12.1 Å². The van der Waals surface area contributed by atoms with Gasteiger partial charge in [-0.05, 0) is 12.1 Å². The molecule has 0 bridgehead atoms. The van der Waals surface area contributed by atoms with Crippen LogP contribution in [0.15, 0.2) is 24.4 Å². The molecule has 3 rings (SSSR count). The molecule has 0 spiro atoms. The molecule has 2 saturated heterocycles. The topological polar surface area (TPSA) is 73.7 Å². The summed E-state index contributed by atoms with van der Waals surface area (Å²) in [6.07, 6.45) is 1.02. The third-order valence-corrected chi connectivity index (χ3v) is 5.75. The Hall–Kier alpha value is -1.18. The van der Waals surface area contributed by atoms with Crippen LogP contribution >= 0.6 is 0 Å². The van der Waals surface area contributed by atoms with Crippen LogP contribution in [0.1, 0.15) is 0 Å². The molecule has 0 amide bonds. The number of pyridine rings is 1. The monoisotopic (exact) mass is 297 g/mol. The average molecular weight is 297 g/mol. The molecule has 1 N–H and O–H groups in total. The van der Waals surface area contributed by atoms with E-state index in [-0.39, 0.29) is 17.5 Å². The first-order chi connectivity index (χ1) is 9.55. The molecule has 2 fully saturated rings. The zero-order valence-corrected chi connectivity index (χ0v) is 12.0. The van der Waals surface area contributed by atoms with Crippen LogP contribution in [0, 0.1) is 0 Å². The molecule has 2 atom stereocenters. The number of piperazine rings is 1. The van der Waals surface area contributed by atoms with Gasteiger partial charge in [0.15, 0.2) is 9.84 Å². The van der Waals surface area contributed by atoms with Gasteiger partial charge in [0.2, 0.25) is 0 Å². The quantitative estimate of drug-likeness (QED) is 0.783. The number of hydrogen-bond acceptors (Lipinski definition) is 6. The van der Waals surface area contributed by atoms with Gasteiger partial charge in [-0.25, -0.2) is 13.4 Å². The largest absolute Gasteiger partial charge is 0.390 e. The van der Waals surface area contributed by atoms with Crippen molar-refractivity contribution in [3.05, 3.63) is 24.4 Å². The smallest absolute Gasteiger partial charge is 0.154 e. The van der Waals surface area contributed by atoms with Gasteiger partial charge < -0.3 is 10.0 Å². The molecular formula is C13H19N3O3S.